The Morgan fingerprint density at radius 2 is 2.30 bits per heavy atom. The van der Waals surface area contributed by atoms with Gasteiger partial charge in [0.15, 0.2) is 0 Å². The number of carbonyl (C=O) groups excluding carboxylic acids is 1. The van der Waals surface area contributed by atoms with E-state index in [1.807, 2.05) is 31.4 Å². The maximum Gasteiger partial charge on any atom is 0.261 e. The minimum atomic E-state index is -0.00964. The van der Waals surface area contributed by atoms with Gasteiger partial charge in [0.25, 0.3) is 5.91 Å². The number of aryl methyl sites for hydroxylation is 1. The molecule has 1 unspecified atom stereocenters. The molecular formula is C13H18N4O2S. The van der Waals surface area contributed by atoms with Crippen molar-refractivity contribution in [2.75, 3.05) is 13.1 Å². The largest absolute Gasteiger partial charge is 0.351 e. The Hall–Kier alpha value is -1.73. The molecule has 0 radical (unpaired) electrons. The average molecular weight is 294 g/mol. The molecular weight excluding hydrogens is 276 g/mol. The number of aromatic nitrogens is 2. The topological polar surface area (TPSA) is 80.1 Å². The van der Waals surface area contributed by atoms with Gasteiger partial charge < -0.3 is 10.6 Å². The molecule has 0 saturated carbocycles. The highest BCUT2D eigenvalue weighted by atomic mass is 32.1. The molecule has 1 atom stereocenters. The third kappa shape index (κ3) is 3.88. The van der Waals surface area contributed by atoms with E-state index in [9.17, 15) is 4.79 Å². The highest BCUT2D eigenvalue weighted by Gasteiger charge is 2.13. The molecule has 108 valence electrons. The quantitative estimate of drug-likeness (QED) is 0.763. The molecule has 2 heterocycles. The second kappa shape index (κ2) is 7.16. The highest BCUT2D eigenvalue weighted by molar-refractivity contribution is 7.12. The van der Waals surface area contributed by atoms with Crippen molar-refractivity contribution in [3.05, 3.63) is 33.8 Å². The van der Waals surface area contributed by atoms with E-state index >= 15 is 0 Å². The Labute approximate surface area is 121 Å². The molecule has 0 aromatic carbocycles. The fraction of sp³-hybridized carbons (Fsp3) is 0.462. The molecule has 0 fully saturated rings. The maximum absolute atomic E-state index is 11.7. The normalized spacial score (nSPS) is 12.3. The van der Waals surface area contributed by atoms with Crippen LogP contribution in [0.1, 0.15) is 40.4 Å². The average Bonchev–Trinajstić information content (AvgIpc) is 3.08. The van der Waals surface area contributed by atoms with Crippen molar-refractivity contribution < 1.29 is 9.42 Å². The van der Waals surface area contributed by atoms with Crippen LogP contribution in [0.15, 0.2) is 22.1 Å². The van der Waals surface area contributed by atoms with E-state index in [4.69, 9.17) is 0 Å². The molecule has 0 saturated heterocycles. The number of hydrogen-bond acceptors (Lipinski definition) is 6. The van der Waals surface area contributed by atoms with E-state index < -0.39 is 0 Å². The van der Waals surface area contributed by atoms with Gasteiger partial charge in [0, 0.05) is 6.54 Å². The van der Waals surface area contributed by atoms with E-state index in [-0.39, 0.29) is 11.9 Å². The lowest BCUT2D eigenvalue weighted by Gasteiger charge is -2.11. The minimum absolute atomic E-state index is 0.00964. The number of nitrogens with one attached hydrogen (secondary N) is 2. The van der Waals surface area contributed by atoms with Crippen LogP contribution in [0.25, 0.3) is 0 Å². The number of hydrogen-bond donors (Lipinski definition) is 2. The molecule has 2 aromatic rings. The zero-order valence-electron chi connectivity index (χ0n) is 11.5. The van der Waals surface area contributed by atoms with Gasteiger partial charge in [0.05, 0.1) is 10.9 Å². The van der Waals surface area contributed by atoms with Crippen LogP contribution < -0.4 is 10.6 Å². The van der Waals surface area contributed by atoms with E-state index in [1.165, 1.54) is 11.3 Å². The zero-order chi connectivity index (χ0) is 14.4. The van der Waals surface area contributed by atoms with Crippen LogP contribution in [0.4, 0.5) is 0 Å². The minimum Gasteiger partial charge on any atom is -0.351 e. The zero-order valence-corrected chi connectivity index (χ0v) is 12.4. The van der Waals surface area contributed by atoms with Crippen molar-refractivity contribution in [1.29, 1.82) is 0 Å². The van der Waals surface area contributed by atoms with E-state index in [0.717, 1.165) is 29.2 Å². The summed E-state index contributed by atoms with van der Waals surface area (Å²) in [5.41, 5.74) is 1.63. The fourth-order valence-corrected chi connectivity index (χ4v) is 2.47. The third-order valence-corrected chi connectivity index (χ3v) is 3.80. The Morgan fingerprint density at radius 1 is 1.45 bits per heavy atom. The fourth-order valence-electron chi connectivity index (χ4n) is 1.83. The molecule has 20 heavy (non-hydrogen) atoms. The summed E-state index contributed by atoms with van der Waals surface area (Å²) in [5.74, 6) is -0.00964. The van der Waals surface area contributed by atoms with Crippen LogP contribution in [-0.2, 0) is 0 Å². The predicted molar refractivity (Wildman–Crippen MR) is 76.7 cm³/mol. The summed E-state index contributed by atoms with van der Waals surface area (Å²) in [7, 11) is 0. The lowest BCUT2D eigenvalue weighted by Crippen LogP contribution is -2.28. The lowest BCUT2D eigenvalue weighted by atomic mass is 10.2. The molecule has 0 bridgehead atoms. The molecule has 6 nitrogen and oxygen atoms in total. The first-order chi connectivity index (χ1) is 9.68. The Balaban J connectivity index is 1.62. The van der Waals surface area contributed by atoms with E-state index in [2.05, 4.69) is 25.6 Å². The number of rotatable bonds is 7. The van der Waals surface area contributed by atoms with Gasteiger partial charge in [-0.15, -0.1) is 11.3 Å². The summed E-state index contributed by atoms with van der Waals surface area (Å²) in [5, 5.41) is 15.7. The molecule has 0 aliphatic rings. The Morgan fingerprint density at radius 3 is 2.95 bits per heavy atom. The summed E-state index contributed by atoms with van der Waals surface area (Å²) in [6.45, 7) is 5.31. The van der Waals surface area contributed by atoms with Crippen molar-refractivity contribution in [2.24, 2.45) is 0 Å². The Bertz CT molecular complexity index is 538. The summed E-state index contributed by atoms with van der Waals surface area (Å²) in [6.07, 6.45) is 0.853. The van der Waals surface area contributed by atoms with Crippen LogP contribution in [0, 0.1) is 6.92 Å². The molecule has 0 aliphatic carbocycles. The summed E-state index contributed by atoms with van der Waals surface area (Å²) in [6, 6.07) is 3.78. The molecule has 1 amide bonds. The van der Waals surface area contributed by atoms with Crippen molar-refractivity contribution >= 4 is 17.2 Å². The number of nitrogens with zero attached hydrogens (tertiary/aromatic N) is 2. The maximum atomic E-state index is 11.7. The third-order valence-electron chi connectivity index (χ3n) is 2.93. The predicted octanol–water partition coefficient (Wildman–Crippen LogP) is 1.91. The van der Waals surface area contributed by atoms with Crippen molar-refractivity contribution in [3.8, 4) is 0 Å². The lowest BCUT2D eigenvalue weighted by molar-refractivity contribution is 0.0957. The van der Waals surface area contributed by atoms with Gasteiger partial charge in [-0.3, -0.25) is 4.79 Å². The van der Waals surface area contributed by atoms with Gasteiger partial charge in [0.1, 0.15) is 11.4 Å². The first kappa shape index (κ1) is 14.7. The van der Waals surface area contributed by atoms with Crippen molar-refractivity contribution in [3.63, 3.8) is 0 Å². The molecule has 0 spiro atoms. The van der Waals surface area contributed by atoms with Gasteiger partial charge >= 0.3 is 0 Å². The highest BCUT2D eigenvalue weighted by Crippen LogP contribution is 2.12. The van der Waals surface area contributed by atoms with Crippen LogP contribution in [-0.4, -0.2) is 29.3 Å². The standard InChI is InChI=1S/C13H18N4O2S/c1-9(12-10(2)16-19-17-12)14-6-4-7-15-13(18)11-5-3-8-20-11/h3,5,8-9,14H,4,6-7H2,1-2H3,(H,15,18). The monoisotopic (exact) mass is 294 g/mol. The van der Waals surface area contributed by atoms with Crippen LogP contribution in [0.2, 0.25) is 0 Å². The first-order valence-electron chi connectivity index (χ1n) is 6.52. The number of thiophene rings is 1. The molecule has 2 aromatic heterocycles. The van der Waals surface area contributed by atoms with Gasteiger partial charge in [-0.2, -0.15) is 0 Å². The second-order valence-corrected chi connectivity index (χ2v) is 5.45. The summed E-state index contributed by atoms with van der Waals surface area (Å²) >= 11 is 1.45. The second-order valence-electron chi connectivity index (χ2n) is 4.50. The number of carbonyl (C=O) groups is 1. The summed E-state index contributed by atoms with van der Waals surface area (Å²) in [4.78, 5) is 12.4. The van der Waals surface area contributed by atoms with Crippen LogP contribution in [0.5, 0.6) is 0 Å². The van der Waals surface area contributed by atoms with Crippen molar-refractivity contribution in [1.82, 2.24) is 20.9 Å². The molecule has 2 rings (SSSR count). The molecule has 0 aliphatic heterocycles. The smallest absolute Gasteiger partial charge is 0.261 e. The van der Waals surface area contributed by atoms with Crippen LogP contribution in [0.3, 0.4) is 0 Å². The van der Waals surface area contributed by atoms with Crippen LogP contribution >= 0.6 is 11.3 Å². The van der Waals surface area contributed by atoms with E-state index in [0.29, 0.717) is 6.54 Å². The molecule has 2 N–H and O–H groups in total. The number of amides is 1. The van der Waals surface area contributed by atoms with Crippen molar-refractivity contribution in [2.45, 2.75) is 26.3 Å². The summed E-state index contributed by atoms with van der Waals surface area (Å²) < 4.78 is 4.67. The first-order valence-corrected chi connectivity index (χ1v) is 7.40. The van der Waals surface area contributed by atoms with Gasteiger partial charge in [-0.05, 0) is 38.3 Å². The van der Waals surface area contributed by atoms with Gasteiger partial charge in [-0.25, -0.2) is 4.63 Å². The molecule has 7 heteroatoms. The van der Waals surface area contributed by atoms with E-state index in [1.54, 1.807) is 0 Å². The van der Waals surface area contributed by atoms with Gasteiger partial charge in [-0.1, -0.05) is 16.4 Å². The SMILES string of the molecule is Cc1nonc1C(C)NCCCNC(=O)c1cccs1. The Kier molecular flexibility index (Phi) is 5.25. The van der Waals surface area contributed by atoms with Gasteiger partial charge in [0.2, 0.25) is 0 Å².